The molecule has 0 rings (SSSR count). The number of hydrogen-bond donors (Lipinski definition) is 0. The van der Waals surface area contributed by atoms with Gasteiger partial charge in [0, 0.05) is 19.3 Å². The highest BCUT2D eigenvalue weighted by atomic mass is 16.6. The third-order valence-electron chi connectivity index (χ3n) is 9.63. The zero-order valence-electron chi connectivity index (χ0n) is 40.0. The number of carbonyl (C=O) groups excluding carboxylic acids is 3. The van der Waals surface area contributed by atoms with E-state index in [2.05, 4.69) is 154 Å². The average molecular weight is 869 g/mol. The zero-order valence-corrected chi connectivity index (χ0v) is 40.0. The lowest BCUT2D eigenvalue weighted by Gasteiger charge is -2.18. The highest BCUT2D eigenvalue weighted by molar-refractivity contribution is 5.71. The Bertz CT molecular complexity index is 1420. The van der Waals surface area contributed by atoms with Crippen LogP contribution in [0.15, 0.2) is 134 Å². The Labute approximate surface area is 385 Å². The maximum Gasteiger partial charge on any atom is 0.306 e. The molecule has 0 aliphatic heterocycles. The minimum Gasteiger partial charge on any atom is -0.462 e. The van der Waals surface area contributed by atoms with E-state index in [4.69, 9.17) is 14.2 Å². The zero-order chi connectivity index (χ0) is 45.8. The summed E-state index contributed by atoms with van der Waals surface area (Å²) in [7, 11) is 0. The Hall–Kier alpha value is -4.45. The molecule has 0 radical (unpaired) electrons. The number of carbonyl (C=O) groups is 3. The van der Waals surface area contributed by atoms with Crippen molar-refractivity contribution in [3.05, 3.63) is 134 Å². The van der Waals surface area contributed by atoms with Crippen molar-refractivity contribution in [3.63, 3.8) is 0 Å². The summed E-state index contributed by atoms with van der Waals surface area (Å²) >= 11 is 0. The van der Waals surface area contributed by atoms with Crippen molar-refractivity contribution in [1.29, 1.82) is 0 Å². The Morgan fingerprint density at radius 2 is 0.587 bits per heavy atom. The number of esters is 3. The Kier molecular flexibility index (Phi) is 46.7. The monoisotopic (exact) mass is 869 g/mol. The van der Waals surface area contributed by atoms with Crippen LogP contribution in [0.5, 0.6) is 0 Å². The number of allylic oxidation sites excluding steroid dienone is 22. The number of hydrogen-bond acceptors (Lipinski definition) is 6. The summed E-state index contributed by atoms with van der Waals surface area (Å²) in [5.41, 5.74) is 0. The summed E-state index contributed by atoms with van der Waals surface area (Å²) in [6, 6.07) is 0. The van der Waals surface area contributed by atoms with Gasteiger partial charge in [-0.25, -0.2) is 0 Å². The molecule has 0 amide bonds. The van der Waals surface area contributed by atoms with Gasteiger partial charge in [-0.2, -0.15) is 0 Å². The number of ether oxygens (including phenoxy) is 3. The Balaban J connectivity index is 4.57. The van der Waals surface area contributed by atoms with E-state index in [9.17, 15) is 14.4 Å². The van der Waals surface area contributed by atoms with E-state index in [1.54, 1.807) is 0 Å². The Morgan fingerprint density at radius 3 is 0.984 bits per heavy atom. The van der Waals surface area contributed by atoms with Crippen LogP contribution in [-0.4, -0.2) is 37.2 Å². The van der Waals surface area contributed by atoms with Crippen molar-refractivity contribution in [3.8, 4) is 0 Å². The van der Waals surface area contributed by atoms with Crippen molar-refractivity contribution < 1.29 is 28.6 Å². The number of rotatable bonds is 42. The van der Waals surface area contributed by atoms with E-state index in [-0.39, 0.29) is 44.0 Å². The smallest absolute Gasteiger partial charge is 0.306 e. The van der Waals surface area contributed by atoms with E-state index >= 15 is 0 Å². The van der Waals surface area contributed by atoms with Crippen molar-refractivity contribution in [2.75, 3.05) is 13.2 Å². The van der Waals surface area contributed by atoms with Gasteiger partial charge in [0.25, 0.3) is 0 Å². The first-order valence-corrected chi connectivity index (χ1v) is 24.7. The second-order valence-electron chi connectivity index (χ2n) is 15.6. The van der Waals surface area contributed by atoms with Gasteiger partial charge in [0.05, 0.1) is 0 Å². The fraction of sp³-hybridized carbons (Fsp3) is 0.561. The normalized spacial score (nSPS) is 13.3. The van der Waals surface area contributed by atoms with Gasteiger partial charge in [0.1, 0.15) is 13.2 Å². The van der Waals surface area contributed by atoms with Crippen LogP contribution in [0.3, 0.4) is 0 Å². The second kappa shape index (κ2) is 50.2. The summed E-state index contributed by atoms with van der Waals surface area (Å²) in [4.78, 5) is 37.9. The molecular formula is C57H88O6. The molecule has 0 spiro atoms. The molecule has 0 aliphatic rings. The second-order valence-corrected chi connectivity index (χ2v) is 15.6. The van der Waals surface area contributed by atoms with Crippen LogP contribution in [0.1, 0.15) is 188 Å². The molecule has 1 unspecified atom stereocenters. The lowest BCUT2D eigenvalue weighted by molar-refractivity contribution is -0.167. The quantitative estimate of drug-likeness (QED) is 0.0263. The summed E-state index contributed by atoms with van der Waals surface area (Å²) in [5.74, 6) is -1.05. The molecule has 0 N–H and O–H groups in total. The topological polar surface area (TPSA) is 78.9 Å². The van der Waals surface area contributed by atoms with Crippen LogP contribution < -0.4 is 0 Å². The maximum atomic E-state index is 12.8. The van der Waals surface area contributed by atoms with E-state index in [0.29, 0.717) is 19.3 Å². The minimum atomic E-state index is -0.828. The molecule has 6 nitrogen and oxygen atoms in total. The van der Waals surface area contributed by atoms with Gasteiger partial charge in [-0.15, -0.1) is 0 Å². The van der Waals surface area contributed by atoms with Crippen LogP contribution in [0, 0.1) is 0 Å². The van der Waals surface area contributed by atoms with E-state index in [0.717, 1.165) is 122 Å². The van der Waals surface area contributed by atoms with Crippen molar-refractivity contribution >= 4 is 17.9 Å². The predicted octanol–water partition coefficient (Wildman–Crippen LogP) is 16.3. The van der Waals surface area contributed by atoms with E-state index in [1.165, 1.54) is 12.8 Å². The van der Waals surface area contributed by atoms with Crippen molar-refractivity contribution in [2.24, 2.45) is 0 Å². The van der Waals surface area contributed by atoms with Crippen LogP contribution in [-0.2, 0) is 28.6 Å². The van der Waals surface area contributed by atoms with Gasteiger partial charge in [-0.1, -0.05) is 180 Å². The first-order valence-electron chi connectivity index (χ1n) is 24.7. The van der Waals surface area contributed by atoms with Crippen molar-refractivity contribution in [2.45, 2.75) is 194 Å². The van der Waals surface area contributed by atoms with Gasteiger partial charge in [-0.05, 0) is 122 Å². The molecule has 0 heterocycles. The molecule has 63 heavy (non-hydrogen) atoms. The molecule has 0 saturated heterocycles. The minimum absolute atomic E-state index is 0.126. The van der Waals surface area contributed by atoms with Crippen LogP contribution in [0.4, 0.5) is 0 Å². The average Bonchev–Trinajstić information content (AvgIpc) is 3.28. The van der Waals surface area contributed by atoms with Gasteiger partial charge in [0.2, 0.25) is 0 Å². The van der Waals surface area contributed by atoms with Gasteiger partial charge in [0.15, 0.2) is 6.10 Å². The molecule has 6 heteroatoms. The highest BCUT2D eigenvalue weighted by Gasteiger charge is 2.19. The van der Waals surface area contributed by atoms with Crippen LogP contribution in [0.2, 0.25) is 0 Å². The molecular weight excluding hydrogens is 781 g/mol. The first-order chi connectivity index (χ1) is 31.0. The lowest BCUT2D eigenvalue weighted by Crippen LogP contribution is -2.30. The standard InChI is InChI=1S/C57H88O6/c1-4-7-10-13-16-19-22-25-27-29-31-32-35-38-41-44-47-50-56(59)62-53-54(52-61-55(58)49-46-43-40-37-34-24-21-18-15-12-9-6-3)63-57(60)51-48-45-42-39-36-33-30-28-26-23-20-17-14-11-8-5-2/h7-12,16-21,25-28,31-32,34,37-38,41,54H,4-6,13-15,22-24,29-30,33,35-36,39-40,42-53H2,1-3H3/b10-7-,11-8-,12-9-,19-16-,20-17-,21-18-,27-25-,28-26-,32-31-,37-34-,41-38-. The predicted molar refractivity (Wildman–Crippen MR) is 269 cm³/mol. The molecule has 0 saturated carbocycles. The molecule has 0 aromatic heterocycles. The molecule has 0 aromatic rings. The summed E-state index contributed by atoms with van der Waals surface area (Å²) < 4.78 is 16.7. The molecule has 1 atom stereocenters. The van der Waals surface area contributed by atoms with Gasteiger partial charge >= 0.3 is 17.9 Å². The Morgan fingerprint density at radius 1 is 0.317 bits per heavy atom. The third kappa shape index (κ3) is 48.4. The van der Waals surface area contributed by atoms with Gasteiger partial charge in [-0.3, -0.25) is 14.4 Å². The summed E-state index contributed by atoms with van der Waals surface area (Å²) in [6.45, 7) is 6.17. The highest BCUT2D eigenvalue weighted by Crippen LogP contribution is 2.12. The SMILES string of the molecule is CC/C=C\C/C=C\C/C=C\C/C=C\C/C=C\CCCC(=O)OCC(COC(=O)CCCC/C=C\C/C=C\C/C=C\CC)OC(=O)CCCCCCCC/C=C\C/C=C\C/C=C\CC. The molecule has 0 aliphatic carbocycles. The lowest BCUT2D eigenvalue weighted by atomic mass is 10.1. The van der Waals surface area contributed by atoms with Crippen molar-refractivity contribution in [1.82, 2.24) is 0 Å². The fourth-order valence-corrected chi connectivity index (χ4v) is 6.03. The molecule has 352 valence electrons. The largest absolute Gasteiger partial charge is 0.462 e. The van der Waals surface area contributed by atoms with Crippen LogP contribution in [0.25, 0.3) is 0 Å². The molecule has 0 fully saturated rings. The molecule has 0 aromatic carbocycles. The summed E-state index contributed by atoms with van der Waals surface area (Å²) in [6.07, 6.45) is 70.1. The maximum absolute atomic E-state index is 12.8. The molecule has 0 bridgehead atoms. The summed E-state index contributed by atoms with van der Waals surface area (Å²) in [5, 5.41) is 0. The first kappa shape index (κ1) is 58.6. The van der Waals surface area contributed by atoms with E-state index in [1.807, 2.05) is 0 Å². The number of unbranched alkanes of at least 4 members (excludes halogenated alkanes) is 9. The van der Waals surface area contributed by atoms with Crippen LogP contribution >= 0.6 is 0 Å². The third-order valence-corrected chi connectivity index (χ3v) is 9.63. The fourth-order valence-electron chi connectivity index (χ4n) is 6.03. The van der Waals surface area contributed by atoms with E-state index < -0.39 is 6.10 Å². The van der Waals surface area contributed by atoms with Gasteiger partial charge < -0.3 is 14.2 Å².